The minimum absolute atomic E-state index is 0.213. The van der Waals surface area contributed by atoms with Gasteiger partial charge < -0.3 is 5.11 Å². The lowest BCUT2D eigenvalue weighted by Gasteiger charge is -2.21. The van der Waals surface area contributed by atoms with Crippen LogP contribution in [0.4, 0.5) is 0 Å². The van der Waals surface area contributed by atoms with E-state index in [4.69, 9.17) is 5.11 Å². The molecule has 0 amide bonds. The topological polar surface area (TPSA) is 53.4 Å². The number of thiazole rings is 1. The van der Waals surface area contributed by atoms with Crippen LogP contribution < -0.4 is 0 Å². The standard InChI is InChI=1S/C10H14N2O2S/c13-10(14)4-8-2-1-3-12(8)6-9-5-11-7-15-9/h5,7-8H,1-4,6H2,(H,13,14). The van der Waals surface area contributed by atoms with Crippen molar-refractivity contribution in [3.63, 3.8) is 0 Å². The maximum absolute atomic E-state index is 10.7. The van der Waals surface area contributed by atoms with Gasteiger partial charge in [0.1, 0.15) is 0 Å². The summed E-state index contributed by atoms with van der Waals surface area (Å²) in [6.07, 6.45) is 4.24. The molecule has 1 fully saturated rings. The van der Waals surface area contributed by atoms with Gasteiger partial charge in [0, 0.05) is 23.7 Å². The molecule has 1 unspecified atom stereocenters. The van der Waals surface area contributed by atoms with Crippen molar-refractivity contribution in [2.45, 2.75) is 31.8 Å². The molecule has 1 aliphatic heterocycles. The van der Waals surface area contributed by atoms with E-state index in [0.29, 0.717) is 0 Å². The van der Waals surface area contributed by atoms with Gasteiger partial charge in [-0.2, -0.15) is 0 Å². The SMILES string of the molecule is O=C(O)CC1CCCN1Cc1cncs1. The van der Waals surface area contributed by atoms with E-state index in [1.807, 2.05) is 11.7 Å². The third-order valence-corrected chi connectivity index (χ3v) is 3.52. The Bertz CT molecular complexity index is 326. The number of carbonyl (C=O) groups is 1. The number of nitrogens with zero attached hydrogens (tertiary/aromatic N) is 2. The van der Waals surface area contributed by atoms with Crippen LogP contribution in [0.1, 0.15) is 24.1 Å². The molecule has 0 aromatic carbocycles. The highest BCUT2D eigenvalue weighted by Gasteiger charge is 2.26. The summed E-state index contributed by atoms with van der Waals surface area (Å²) in [7, 11) is 0. The summed E-state index contributed by atoms with van der Waals surface area (Å²) in [5, 5.41) is 8.78. The minimum atomic E-state index is -0.698. The van der Waals surface area contributed by atoms with Crippen LogP contribution in [0, 0.1) is 0 Å². The van der Waals surface area contributed by atoms with Gasteiger partial charge in [-0.15, -0.1) is 11.3 Å². The molecule has 1 aromatic rings. The molecule has 0 radical (unpaired) electrons. The summed E-state index contributed by atoms with van der Waals surface area (Å²) in [5.74, 6) is -0.698. The Labute approximate surface area is 92.6 Å². The van der Waals surface area contributed by atoms with Gasteiger partial charge in [0.15, 0.2) is 0 Å². The normalized spacial score (nSPS) is 22.0. The largest absolute Gasteiger partial charge is 0.481 e. The van der Waals surface area contributed by atoms with Crippen molar-refractivity contribution in [3.8, 4) is 0 Å². The predicted octanol–water partition coefficient (Wildman–Crippen LogP) is 1.58. The average Bonchev–Trinajstić information content (AvgIpc) is 2.78. The van der Waals surface area contributed by atoms with Crippen LogP contribution in [-0.2, 0) is 11.3 Å². The molecule has 1 saturated heterocycles. The Balaban J connectivity index is 1.93. The summed E-state index contributed by atoms with van der Waals surface area (Å²) in [5.41, 5.74) is 1.82. The van der Waals surface area contributed by atoms with Crippen LogP contribution in [-0.4, -0.2) is 33.5 Å². The summed E-state index contributed by atoms with van der Waals surface area (Å²) < 4.78 is 0. The molecule has 82 valence electrons. The van der Waals surface area contributed by atoms with Gasteiger partial charge in [-0.25, -0.2) is 0 Å². The Hall–Kier alpha value is -0.940. The number of aliphatic carboxylic acids is 1. The zero-order valence-electron chi connectivity index (χ0n) is 8.43. The van der Waals surface area contributed by atoms with Crippen molar-refractivity contribution in [1.29, 1.82) is 0 Å². The second kappa shape index (κ2) is 4.72. The molecule has 4 nitrogen and oxygen atoms in total. The molecule has 1 atom stereocenters. The summed E-state index contributed by atoms with van der Waals surface area (Å²) >= 11 is 1.63. The first-order valence-electron chi connectivity index (χ1n) is 5.09. The highest BCUT2D eigenvalue weighted by molar-refractivity contribution is 7.09. The first-order valence-corrected chi connectivity index (χ1v) is 5.97. The number of likely N-dealkylation sites (tertiary alicyclic amines) is 1. The Morgan fingerprint density at radius 3 is 3.27 bits per heavy atom. The smallest absolute Gasteiger partial charge is 0.304 e. The third kappa shape index (κ3) is 2.76. The Morgan fingerprint density at radius 2 is 2.60 bits per heavy atom. The predicted molar refractivity (Wildman–Crippen MR) is 57.8 cm³/mol. The second-order valence-electron chi connectivity index (χ2n) is 3.83. The van der Waals surface area contributed by atoms with Gasteiger partial charge in [-0.1, -0.05) is 0 Å². The van der Waals surface area contributed by atoms with E-state index >= 15 is 0 Å². The van der Waals surface area contributed by atoms with Crippen LogP contribution in [0.2, 0.25) is 0 Å². The van der Waals surface area contributed by atoms with Crippen LogP contribution in [0.5, 0.6) is 0 Å². The van der Waals surface area contributed by atoms with E-state index in [0.717, 1.165) is 25.9 Å². The van der Waals surface area contributed by atoms with Gasteiger partial charge in [0.2, 0.25) is 0 Å². The van der Waals surface area contributed by atoms with E-state index < -0.39 is 5.97 Å². The average molecular weight is 226 g/mol. The second-order valence-corrected chi connectivity index (χ2v) is 4.80. The molecule has 0 bridgehead atoms. The summed E-state index contributed by atoms with van der Waals surface area (Å²) in [6.45, 7) is 1.86. The zero-order valence-corrected chi connectivity index (χ0v) is 9.24. The van der Waals surface area contributed by atoms with E-state index in [1.165, 1.54) is 4.88 Å². The fourth-order valence-corrected chi connectivity index (χ4v) is 2.68. The van der Waals surface area contributed by atoms with E-state index in [2.05, 4.69) is 9.88 Å². The van der Waals surface area contributed by atoms with Crippen LogP contribution in [0.3, 0.4) is 0 Å². The molecule has 0 aliphatic carbocycles. The lowest BCUT2D eigenvalue weighted by Crippen LogP contribution is -2.30. The summed E-state index contributed by atoms with van der Waals surface area (Å²) in [6, 6.07) is 0.213. The summed E-state index contributed by atoms with van der Waals surface area (Å²) in [4.78, 5) is 18.2. The molecule has 15 heavy (non-hydrogen) atoms. The van der Waals surface area contributed by atoms with Gasteiger partial charge in [-0.05, 0) is 19.4 Å². The molecule has 2 heterocycles. The van der Waals surface area contributed by atoms with Crippen molar-refractivity contribution >= 4 is 17.3 Å². The van der Waals surface area contributed by atoms with Crippen LogP contribution in [0.15, 0.2) is 11.7 Å². The monoisotopic (exact) mass is 226 g/mol. The first kappa shape index (κ1) is 10.6. The molecule has 1 N–H and O–H groups in total. The highest BCUT2D eigenvalue weighted by atomic mass is 32.1. The number of carboxylic acids is 1. The number of carboxylic acid groups (broad SMARTS) is 1. The molecular weight excluding hydrogens is 212 g/mol. The van der Waals surface area contributed by atoms with Gasteiger partial charge in [-0.3, -0.25) is 14.7 Å². The molecule has 0 spiro atoms. The number of hydrogen-bond acceptors (Lipinski definition) is 4. The van der Waals surface area contributed by atoms with E-state index in [1.54, 1.807) is 11.3 Å². The first-order chi connectivity index (χ1) is 7.25. The fraction of sp³-hybridized carbons (Fsp3) is 0.600. The van der Waals surface area contributed by atoms with Gasteiger partial charge in [0.05, 0.1) is 11.9 Å². The highest BCUT2D eigenvalue weighted by Crippen LogP contribution is 2.23. The quantitative estimate of drug-likeness (QED) is 0.847. The van der Waals surface area contributed by atoms with Gasteiger partial charge in [0.25, 0.3) is 0 Å². The minimum Gasteiger partial charge on any atom is -0.481 e. The molecule has 5 heteroatoms. The van der Waals surface area contributed by atoms with Crippen molar-refractivity contribution in [3.05, 3.63) is 16.6 Å². The maximum Gasteiger partial charge on any atom is 0.304 e. The lowest BCUT2D eigenvalue weighted by atomic mass is 10.1. The number of rotatable bonds is 4. The Morgan fingerprint density at radius 1 is 1.73 bits per heavy atom. The third-order valence-electron chi connectivity index (χ3n) is 2.75. The fourth-order valence-electron chi connectivity index (χ4n) is 2.06. The van der Waals surface area contributed by atoms with Crippen molar-refractivity contribution < 1.29 is 9.90 Å². The Kier molecular flexibility index (Phi) is 3.33. The molecular formula is C10H14N2O2S. The van der Waals surface area contributed by atoms with E-state index in [-0.39, 0.29) is 12.5 Å². The molecule has 1 aliphatic rings. The molecule has 1 aromatic heterocycles. The lowest BCUT2D eigenvalue weighted by molar-refractivity contribution is -0.138. The van der Waals surface area contributed by atoms with Crippen molar-refractivity contribution in [1.82, 2.24) is 9.88 Å². The van der Waals surface area contributed by atoms with Gasteiger partial charge >= 0.3 is 5.97 Å². The van der Waals surface area contributed by atoms with Crippen molar-refractivity contribution in [2.75, 3.05) is 6.54 Å². The van der Waals surface area contributed by atoms with E-state index in [9.17, 15) is 4.79 Å². The number of hydrogen-bond donors (Lipinski definition) is 1. The maximum atomic E-state index is 10.7. The zero-order chi connectivity index (χ0) is 10.7. The van der Waals surface area contributed by atoms with Crippen molar-refractivity contribution in [2.24, 2.45) is 0 Å². The van der Waals surface area contributed by atoms with Crippen LogP contribution >= 0.6 is 11.3 Å². The van der Waals surface area contributed by atoms with Crippen LogP contribution in [0.25, 0.3) is 0 Å². The number of aromatic nitrogens is 1. The molecule has 0 saturated carbocycles. The molecule has 2 rings (SSSR count).